The molecule has 0 saturated heterocycles. The van der Waals surface area contributed by atoms with Crippen LogP contribution in [-0.2, 0) is 0 Å². The summed E-state index contributed by atoms with van der Waals surface area (Å²) >= 11 is 0. The van der Waals surface area contributed by atoms with Crippen LogP contribution in [-0.4, -0.2) is 33.9 Å². The molecule has 2 N–H and O–H groups in total. The van der Waals surface area contributed by atoms with Crippen LogP contribution in [0.25, 0.3) is 5.69 Å². The molecule has 1 aromatic carbocycles. The molecular weight excluding hydrogens is 261 g/mol. The summed E-state index contributed by atoms with van der Waals surface area (Å²) in [5.41, 5.74) is 1.77. The predicted octanol–water partition coefficient (Wildman–Crippen LogP) is 1.43. The average Bonchev–Trinajstić information content (AvgIpc) is 2.82. The molecule has 0 spiro atoms. The van der Waals surface area contributed by atoms with Gasteiger partial charge in [0.1, 0.15) is 5.82 Å². The summed E-state index contributed by atoms with van der Waals surface area (Å²) < 4.78 is 14.5. The van der Waals surface area contributed by atoms with Crippen LogP contribution in [0.15, 0.2) is 30.3 Å². The van der Waals surface area contributed by atoms with Crippen LogP contribution in [0.2, 0.25) is 0 Å². The Balaban J connectivity index is 2.17. The lowest BCUT2D eigenvalue weighted by molar-refractivity contribution is 0.0945. The zero-order valence-corrected chi connectivity index (χ0v) is 11.1. The van der Waals surface area contributed by atoms with Crippen molar-refractivity contribution in [3.8, 4) is 5.69 Å². The van der Waals surface area contributed by atoms with Crippen LogP contribution in [0, 0.1) is 12.7 Å². The van der Waals surface area contributed by atoms with Gasteiger partial charge in [0, 0.05) is 18.8 Å². The van der Waals surface area contributed by atoms with Crippen LogP contribution < -0.4 is 5.32 Å². The second kappa shape index (κ2) is 6.29. The van der Waals surface area contributed by atoms with E-state index in [4.69, 9.17) is 5.11 Å². The summed E-state index contributed by atoms with van der Waals surface area (Å²) in [4.78, 5) is 11.8. The minimum atomic E-state index is -0.319. The van der Waals surface area contributed by atoms with E-state index >= 15 is 0 Å². The first kappa shape index (κ1) is 14.2. The van der Waals surface area contributed by atoms with Crippen LogP contribution in [0.5, 0.6) is 0 Å². The Morgan fingerprint density at radius 2 is 2.10 bits per heavy atom. The standard InChI is InChI=1S/C14H16FN3O2/c1-10-9-13(14(20)16-7-2-8-19)17-18(10)12-5-3-11(15)4-6-12/h3-6,9,19H,2,7-8H2,1H3,(H,16,20). The molecule has 0 unspecified atom stereocenters. The molecule has 5 nitrogen and oxygen atoms in total. The van der Waals surface area contributed by atoms with Crippen molar-refractivity contribution >= 4 is 5.91 Å². The van der Waals surface area contributed by atoms with E-state index in [1.165, 1.54) is 12.1 Å². The number of amides is 1. The van der Waals surface area contributed by atoms with Gasteiger partial charge >= 0.3 is 0 Å². The molecule has 0 aliphatic heterocycles. The highest BCUT2D eigenvalue weighted by molar-refractivity contribution is 5.92. The summed E-state index contributed by atoms with van der Waals surface area (Å²) in [7, 11) is 0. The van der Waals surface area contributed by atoms with Crippen molar-refractivity contribution in [2.75, 3.05) is 13.2 Å². The monoisotopic (exact) mass is 277 g/mol. The Bertz CT molecular complexity index is 593. The van der Waals surface area contributed by atoms with Gasteiger partial charge in [-0.25, -0.2) is 9.07 Å². The summed E-state index contributed by atoms with van der Waals surface area (Å²) in [5, 5.41) is 15.5. The van der Waals surface area contributed by atoms with Crippen molar-refractivity contribution < 1.29 is 14.3 Å². The molecule has 0 saturated carbocycles. The fourth-order valence-electron chi connectivity index (χ4n) is 1.80. The van der Waals surface area contributed by atoms with Crippen molar-refractivity contribution in [3.05, 3.63) is 47.5 Å². The molecule has 0 bridgehead atoms. The van der Waals surface area contributed by atoms with E-state index in [1.54, 1.807) is 22.9 Å². The van der Waals surface area contributed by atoms with Gasteiger partial charge in [-0.1, -0.05) is 0 Å². The molecule has 0 aliphatic carbocycles. The number of carbonyl (C=O) groups excluding carboxylic acids is 1. The number of hydrogen-bond donors (Lipinski definition) is 2. The van der Waals surface area contributed by atoms with Crippen LogP contribution in [0.1, 0.15) is 22.6 Å². The van der Waals surface area contributed by atoms with Crippen molar-refractivity contribution in [2.45, 2.75) is 13.3 Å². The summed E-state index contributed by atoms with van der Waals surface area (Å²) in [6.45, 7) is 2.25. The van der Waals surface area contributed by atoms with Gasteiger partial charge in [0.2, 0.25) is 0 Å². The number of aliphatic hydroxyl groups is 1. The molecule has 20 heavy (non-hydrogen) atoms. The van der Waals surface area contributed by atoms with Gasteiger partial charge in [-0.05, 0) is 43.7 Å². The molecular formula is C14H16FN3O2. The van der Waals surface area contributed by atoms with E-state index in [1.807, 2.05) is 6.92 Å². The van der Waals surface area contributed by atoms with E-state index in [0.717, 1.165) is 5.69 Å². The smallest absolute Gasteiger partial charge is 0.271 e. The fourth-order valence-corrected chi connectivity index (χ4v) is 1.80. The number of hydrogen-bond acceptors (Lipinski definition) is 3. The Labute approximate surface area is 116 Å². The lowest BCUT2D eigenvalue weighted by Gasteiger charge is -2.03. The number of nitrogens with one attached hydrogen (secondary N) is 1. The number of carbonyl (C=O) groups is 1. The third-order valence-electron chi connectivity index (χ3n) is 2.81. The Hall–Kier alpha value is -2.21. The molecule has 6 heteroatoms. The second-order valence-corrected chi connectivity index (χ2v) is 4.39. The second-order valence-electron chi connectivity index (χ2n) is 4.39. The summed E-state index contributed by atoms with van der Waals surface area (Å²) in [6.07, 6.45) is 0.503. The van der Waals surface area contributed by atoms with Gasteiger partial charge < -0.3 is 10.4 Å². The Kier molecular flexibility index (Phi) is 4.47. The normalized spacial score (nSPS) is 10.6. The molecule has 1 amide bonds. The van der Waals surface area contributed by atoms with Crippen molar-refractivity contribution in [3.63, 3.8) is 0 Å². The molecule has 106 valence electrons. The van der Waals surface area contributed by atoms with E-state index < -0.39 is 0 Å². The minimum absolute atomic E-state index is 0.0311. The number of halogens is 1. The number of benzene rings is 1. The lowest BCUT2D eigenvalue weighted by atomic mass is 10.3. The minimum Gasteiger partial charge on any atom is -0.396 e. The van der Waals surface area contributed by atoms with Crippen LogP contribution >= 0.6 is 0 Å². The SMILES string of the molecule is Cc1cc(C(=O)NCCCO)nn1-c1ccc(F)cc1. The van der Waals surface area contributed by atoms with Crippen LogP contribution in [0.4, 0.5) is 4.39 Å². The maximum Gasteiger partial charge on any atom is 0.271 e. The largest absolute Gasteiger partial charge is 0.396 e. The highest BCUT2D eigenvalue weighted by atomic mass is 19.1. The third kappa shape index (κ3) is 3.21. The molecule has 1 heterocycles. The van der Waals surface area contributed by atoms with Gasteiger partial charge in [0.25, 0.3) is 5.91 Å². The zero-order chi connectivity index (χ0) is 14.5. The van der Waals surface area contributed by atoms with Gasteiger partial charge in [0.05, 0.1) is 5.69 Å². The molecule has 0 atom stereocenters. The molecule has 0 radical (unpaired) electrons. The number of aliphatic hydroxyl groups excluding tert-OH is 1. The molecule has 2 aromatic rings. The third-order valence-corrected chi connectivity index (χ3v) is 2.81. The van der Waals surface area contributed by atoms with Gasteiger partial charge in [-0.2, -0.15) is 5.10 Å². The van der Waals surface area contributed by atoms with Gasteiger partial charge in [-0.15, -0.1) is 0 Å². The van der Waals surface area contributed by atoms with Crippen molar-refractivity contribution in [2.24, 2.45) is 0 Å². The van der Waals surface area contributed by atoms with Crippen molar-refractivity contribution in [1.29, 1.82) is 0 Å². The van der Waals surface area contributed by atoms with E-state index in [0.29, 0.717) is 24.3 Å². The van der Waals surface area contributed by atoms with E-state index in [9.17, 15) is 9.18 Å². The Morgan fingerprint density at radius 3 is 2.75 bits per heavy atom. The maximum absolute atomic E-state index is 12.9. The highest BCUT2D eigenvalue weighted by Gasteiger charge is 2.12. The lowest BCUT2D eigenvalue weighted by Crippen LogP contribution is -2.25. The molecule has 0 aliphatic rings. The average molecular weight is 277 g/mol. The molecule has 1 aromatic heterocycles. The first-order valence-electron chi connectivity index (χ1n) is 6.33. The van der Waals surface area contributed by atoms with Crippen LogP contribution in [0.3, 0.4) is 0 Å². The summed E-state index contributed by atoms with van der Waals surface area (Å²) in [6, 6.07) is 7.55. The first-order valence-corrected chi connectivity index (χ1v) is 6.33. The number of nitrogens with zero attached hydrogens (tertiary/aromatic N) is 2. The number of aromatic nitrogens is 2. The quantitative estimate of drug-likeness (QED) is 0.812. The zero-order valence-electron chi connectivity index (χ0n) is 11.1. The molecule has 0 fully saturated rings. The molecule has 2 rings (SSSR count). The van der Waals surface area contributed by atoms with E-state index in [-0.39, 0.29) is 18.3 Å². The topological polar surface area (TPSA) is 67.2 Å². The van der Waals surface area contributed by atoms with Gasteiger partial charge in [0.15, 0.2) is 5.69 Å². The summed E-state index contributed by atoms with van der Waals surface area (Å²) in [5.74, 6) is -0.608. The maximum atomic E-state index is 12.9. The van der Waals surface area contributed by atoms with Gasteiger partial charge in [-0.3, -0.25) is 4.79 Å². The Morgan fingerprint density at radius 1 is 1.40 bits per heavy atom. The highest BCUT2D eigenvalue weighted by Crippen LogP contribution is 2.12. The fraction of sp³-hybridized carbons (Fsp3) is 0.286. The van der Waals surface area contributed by atoms with Crippen molar-refractivity contribution in [1.82, 2.24) is 15.1 Å². The first-order chi connectivity index (χ1) is 9.61. The predicted molar refractivity (Wildman–Crippen MR) is 72.3 cm³/mol. The number of aryl methyl sites for hydroxylation is 1. The van der Waals surface area contributed by atoms with E-state index in [2.05, 4.69) is 10.4 Å². The number of rotatable bonds is 5.